The van der Waals surface area contributed by atoms with Crippen molar-refractivity contribution in [3.8, 4) is 0 Å². The first-order valence-corrected chi connectivity index (χ1v) is 5.68. The van der Waals surface area contributed by atoms with E-state index in [1.54, 1.807) is 0 Å². The highest BCUT2D eigenvalue weighted by atomic mass is 32.1. The zero-order valence-electron chi connectivity index (χ0n) is 7.99. The summed E-state index contributed by atoms with van der Waals surface area (Å²) >= 11 is 1.83. The molecule has 1 aromatic heterocycles. The van der Waals surface area contributed by atoms with Gasteiger partial charge in [-0.25, -0.2) is 0 Å². The molecule has 1 fully saturated rings. The zero-order valence-corrected chi connectivity index (χ0v) is 8.81. The third-order valence-electron chi connectivity index (χ3n) is 2.79. The number of hydrogen-bond donors (Lipinski definition) is 1. The molecule has 1 aromatic rings. The molecular formula is C10H16N2S. The number of aryl methyl sites for hydroxylation is 1. The molecule has 0 aliphatic carbocycles. The maximum Gasteiger partial charge on any atom is 0.0504 e. The molecule has 1 unspecified atom stereocenters. The molecule has 13 heavy (non-hydrogen) atoms. The summed E-state index contributed by atoms with van der Waals surface area (Å²) in [6, 6.07) is 2.22. The molecule has 0 saturated carbocycles. The van der Waals surface area contributed by atoms with Gasteiger partial charge in [0.2, 0.25) is 0 Å². The predicted octanol–water partition coefficient (Wildman–Crippen LogP) is 1.84. The quantitative estimate of drug-likeness (QED) is 0.782. The first-order valence-electron chi connectivity index (χ1n) is 4.80. The lowest BCUT2D eigenvalue weighted by molar-refractivity contribution is 0.602. The second-order valence-corrected chi connectivity index (χ2v) is 4.82. The van der Waals surface area contributed by atoms with Crippen molar-refractivity contribution in [2.45, 2.75) is 13.3 Å². The van der Waals surface area contributed by atoms with Crippen LogP contribution in [0.4, 0.5) is 5.69 Å². The van der Waals surface area contributed by atoms with Gasteiger partial charge in [0, 0.05) is 18.0 Å². The van der Waals surface area contributed by atoms with Crippen LogP contribution >= 0.6 is 11.3 Å². The highest BCUT2D eigenvalue weighted by Gasteiger charge is 2.22. The van der Waals surface area contributed by atoms with E-state index in [1.807, 2.05) is 11.3 Å². The van der Waals surface area contributed by atoms with Gasteiger partial charge in [-0.15, -0.1) is 11.3 Å². The van der Waals surface area contributed by atoms with E-state index < -0.39 is 0 Å². The average Bonchev–Trinajstić information content (AvgIpc) is 2.71. The van der Waals surface area contributed by atoms with E-state index in [1.165, 1.54) is 23.5 Å². The highest BCUT2D eigenvalue weighted by molar-refractivity contribution is 7.10. The topological polar surface area (TPSA) is 29.3 Å². The molecule has 0 amide bonds. The minimum Gasteiger partial charge on any atom is -0.370 e. The van der Waals surface area contributed by atoms with E-state index >= 15 is 0 Å². The summed E-state index contributed by atoms with van der Waals surface area (Å²) in [5.74, 6) is 0.708. The van der Waals surface area contributed by atoms with Crippen molar-refractivity contribution in [2.75, 3.05) is 24.5 Å². The Labute approximate surface area is 83.4 Å². The second kappa shape index (κ2) is 3.68. The molecule has 2 rings (SSSR count). The third-order valence-corrected chi connectivity index (χ3v) is 3.63. The van der Waals surface area contributed by atoms with Gasteiger partial charge in [0.15, 0.2) is 0 Å². The molecule has 0 bridgehead atoms. The molecule has 0 radical (unpaired) electrons. The summed E-state index contributed by atoms with van der Waals surface area (Å²) in [7, 11) is 0. The smallest absolute Gasteiger partial charge is 0.0504 e. The predicted molar refractivity (Wildman–Crippen MR) is 58.4 cm³/mol. The standard InChI is InChI=1S/C10H16N2S/c1-8-10(3-5-13-8)12-4-2-9(6-11)7-12/h3,5,9H,2,4,6-7,11H2,1H3. The van der Waals surface area contributed by atoms with Crippen LogP contribution in [0.25, 0.3) is 0 Å². The largest absolute Gasteiger partial charge is 0.370 e. The summed E-state index contributed by atoms with van der Waals surface area (Å²) in [5, 5.41) is 2.17. The minimum absolute atomic E-state index is 0.708. The molecule has 2 heterocycles. The Morgan fingerprint density at radius 3 is 3.08 bits per heavy atom. The van der Waals surface area contributed by atoms with Crippen LogP contribution in [0.3, 0.4) is 0 Å². The summed E-state index contributed by atoms with van der Waals surface area (Å²) < 4.78 is 0. The normalized spacial score (nSPS) is 22.6. The fourth-order valence-electron chi connectivity index (χ4n) is 1.95. The zero-order chi connectivity index (χ0) is 9.26. The molecule has 0 spiro atoms. The second-order valence-electron chi connectivity index (χ2n) is 3.70. The molecular weight excluding hydrogens is 180 g/mol. The number of thiophene rings is 1. The number of rotatable bonds is 2. The van der Waals surface area contributed by atoms with Crippen molar-refractivity contribution in [1.82, 2.24) is 0 Å². The lowest BCUT2D eigenvalue weighted by Gasteiger charge is -2.17. The Bertz CT molecular complexity index is 282. The lowest BCUT2D eigenvalue weighted by Crippen LogP contribution is -2.22. The molecule has 72 valence electrons. The Morgan fingerprint density at radius 2 is 2.54 bits per heavy atom. The van der Waals surface area contributed by atoms with Gasteiger partial charge < -0.3 is 10.6 Å². The van der Waals surface area contributed by atoms with E-state index in [0.717, 1.165) is 13.1 Å². The Balaban J connectivity index is 2.08. The fourth-order valence-corrected chi connectivity index (χ4v) is 2.67. The van der Waals surface area contributed by atoms with E-state index in [9.17, 15) is 0 Å². The SMILES string of the molecule is Cc1sccc1N1CCC(CN)C1. The summed E-state index contributed by atoms with van der Waals surface area (Å²) in [4.78, 5) is 3.89. The Hall–Kier alpha value is -0.540. The van der Waals surface area contributed by atoms with Gasteiger partial charge in [-0.1, -0.05) is 0 Å². The van der Waals surface area contributed by atoms with Gasteiger partial charge in [-0.3, -0.25) is 0 Å². The average molecular weight is 196 g/mol. The molecule has 1 atom stereocenters. The number of anilines is 1. The van der Waals surface area contributed by atoms with Crippen LogP contribution in [0.15, 0.2) is 11.4 Å². The van der Waals surface area contributed by atoms with Crippen molar-refractivity contribution in [2.24, 2.45) is 11.7 Å². The van der Waals surface area contributed by atoms with Crippen molar-refractivity contribution in [1.29, 1.82) is 0 Å². The van der Waals surface area contributed by atoms with Crippen LogP contribution < -0.4 is 10.6 Å². The highest BCUT2D eigenvalue weighted by Crippen LogP contribution is 2.29. The van der Waals surface area contributed by atoms with Crippen molar-refractivity contribution in [3.63, 3.8) is 0 Å². The van der Waals surface area contributed by atoms with Gasteiger partial charge >= 0.3 is 0 Å². The monoisotopic (exact) mass is 196 g/mol. The van der Waals surface area contributed by atoms with Gasteiger partial charge in [0.25, 0.3) is 0 Å². The summed E-state index contributed by atoms with van der Waals surface area (Å²) in [6.45, 7) is 5.35. The maximum atomic E-state index is 5.66. The molecule has 0 aromatic carbocycles. The van der Waals surface area contributed by atoms with Crippen LogP contribution in [0.1, 0.15) is 11.3 Å². The summed E-state index contributed by atoms with van der Waals surface area (Å²) in [5.41, 5.74) is 7.08. The van der Waals surface area contributed by atoms with Crippen molar-refractivity contribution < 1.29 is 0 Å². The van der Waals surface area contributed by atoms with Crippen LogP contribution in [0.5, 0.6) is 0 Å². The van der Waals surface area contributed by atoms with E-state index in [4.69, 9.17) is 5.73 Å². The number of hydrogen-bond acceptors (Lipinski definition) is 3. The fraction of sp³-hybridized carbons (Fsp3) is 0.600. The van der Waals surface area contributed by atoms with Crippen LogP contribution in [0, 0.1) is 12.8 Å². The first-order chi connectivity index (χ1) is 6.31. The van der Waals surface area contributed by atoms with E-state index in [-0.39, 0.29) is 0 Å². The minimum atomic E-state index is 0.708. The maximum absolute atomic E-state index is 5.66. The molecule has 2 nitrogen and oxygen atoms in total. The van der Waals surface area contributed by atoms with Gasteiger partial charge in [0.1, 0.15) is 0 Å². The van der Waals surface area contributed by atoms with Gasteiger partial charge in [-0.05, 0) is 37.3 Å². The van der Waals surface area contributed by atoms with Crippen molar-refractivity contribution >= 4 is 17.0 Å². The number of nitrogens with zero attached hydrogens (tertiary/aromatic N) is 1. The van der Waals surface area contributed by atoms with E-state index in [2.05, 4.69) is 23.3 Å². The Kier molecular flexibility index (Phi) is 2.56. The van der Waals surface area contributed by atoms with Gasteiger partial charge in [-0.2, -0.15) is 0 Å². The third kappa shape index (κ3) is 1.71. The molecule has 1 aliphatic rings. The van der Waals surface area contributed by atoms with Crippen LogP contribution in [-0.4, -0.2) is 19.6 Å². The van der Waals surface area contributed by atoms with E-state index in [0.29, 0.717) is 5.92 Å². The lowest BCUT2D eigenvalue weighted by atomic mass is 10.1. The van der Waals surface area contributed by atoms with Crippen LogP contribution in [-0.2, 0) is 0 Å². The molecule has 1 saturated heterocycles. The van der Waals surface area contributed by atoms with Gasteiger partial charge in [0.05, 0.1) is 5.69 Å². The first kappa shape index (κ1) is 9.03. The molecule has 3 heteroatoms. The van der Waals surface area contributed by atoms with Crippen LogP contribution in [0.2, 0.25) is 0 Å². The molecule has 1 aliphatic heterocycles. The number of nitrogens with two attached hydrogens (primary N) is 1. The van der Waals surface area contributed by atoms with Crippen molar-refractivity contribution in [3.05, 3.63) is 16.3 Å². The Morgan fingerprint density at radius 1 is 1.69 bits per heavy atom. The molecule has 2 N–H and O–H groups in total. The summed E-state index contributed by atoms with van der Waals surface area (Å²) in [6.07, 6.45) is 1.26.